The molecule has 0 unspecified atom stereocenters. The third-order valence-corrected chi connectivity index (χ3v) is 2.73. The van der Waals surface area contributed by atoms with E-state index in [1.54, 1.807) is 11.3 Å². The highest BCUT2D eigenvalue weighted by molar-refractivity contribution is 7.07. The van der Waals surface area contributed by atoms with E-state index in [9.17, 15) is 9.59 Å². The van der Waals surface area contributed by atoms with E-state index in [-0.39, 0.29) is 0 Å². The van der Waals surface area contributed by atoms with Gasteiger partial charge in [-0.05, 0) is 36.2 Å². The number of nitrogens with one attached hydrogen (secondary N) is 2. The predicted molar refractivity (Wildman–Crippen MR) is 61.4 cm³/mol. The number of amides is 2. The Morgan fingerprint density at radius 2 is 2.19 bits per heavy atom. The van der Waals surface area contributed by atoms with Gasteiger partial charge in [-0.2, -0.15) is 11.3 Å². The van der Waals surface area contributed by atoms with Crippen LogP contribution in [-0.2, 0) is 11.3 Å². The van der Waals surface area contributed by atoms with Gasteiger partial charge in [-0.1, -0.05) is 0 Å². The van der Waals surface area contributed by atoms with Crippen molar-refractivity contribution >= 4 is 23.3 Å². The second-order valence-electron chi connectivity index (χ2n) is 3.87. The van der Waals surface area contributed by atoms with Crippen LogP contribution in [0.25, 0.3) is 0 Å². The van der Waals surface area contributed by atoms with Gasteiger partial charge in [-0.3, -0.25) is 0 Å². The van der Waals surface area contributed by atoms with E-state index < -0.39 is 17.5 Å². The highest BCUT2D eigenvalue weighted by atomic mass is 32.1. The van der Waals surface area contributed by atoms with Gasteiger partial charge in [-0.25, -0.2) is 9.59 Å². The van der Waals surface area contributed by atoms with Crippen LogP contribution >= 0.6 is 11.3 Å². The number of thiophene rings is 1. The molecule has 1 aromatic heterocycles. The molecule has 1 rings (SSSR count). The standard InChI is InChI=1S/C10H14N2O3S/c1-10(2,8(13)14)12-9(15)11-5-7-3-4-16-6-7/h3-4,6H,5H2,1-2H3,(H,13,14)(H2,11,12,15). The second-order valence-corrected chi connectivity index (χ2v) is 4.65. The third kappa shape index (κ3) is 3.54. The van der Waals surface area contributed by atoms with Crippen molar-refractivity contribution < 1.29 is 14.7 Å². The Morgan fingerprint density at radius 1 is 1.50 bits per heavy atom. The number of hydrogen-bond donors (Lipinski definition) is 3. The molecule has 0 spiro atoms. The fraction of sp³-hybridized carbons (Fsp3) is 0.400. The van der Waals surface area contributed by atoms with Crippen LogP contribution < -0.4 is 10.6 Å². The van der Waals surface area contributed by atoms with Crippen molar-refractivity contribution in [1.82, 2.24) is 10.6 Å². The molecule has 0 aliphatic heterocycles. The van der Waals surface area contributed by atoms with Crippen molar-refractivity contribution in [1.29, 1.82) is 0 Å². The zero-order valence-corrected chi connectivity index (χ0v) is 9.93. The molecule has 0 atom stereocenters. The zero-order valence-electron chi connectivity index (χ0n) is 9.11. The summed E-state index contributed by atoms with van der Waals surface area (Å²) in [5.74, 6) is -1.07. The molecule has 0 saturated carbocycles. The molecule has 0 aromatic carbocycles. The number of urea groups is 1. The van der Waals surface area contributed by atoms with E-state index in [4.69, 9.17) is 5.11 Å². The third-order valence-electron chi connectivity index (χ3n) is 1.99. The number of carbonyl (C=O) groups excluding carboxylic acids is 1. The summed E-state index contributed by atoms with van der Waals surface area (Å²) in [6.07, 6.45) is 0. The van der Waals surface area contributed by atoms with Crippen molar-refractivity contribution in [2.24, 2.45) is 0 Å². The highest BCUT2D eigenvalue weighted by Gasteiger charge is 2.28. The minimum Gasteiger partial charge on any atom is -0.480 e. The number of carbonyl (C=O) groups is 2. The number of hydrogen-bond acceptors (Lipinski definition) is 3. The Hall–Kier alpha value is -1.56. The molecule has 0 saturated heterocycles. The van der Waals surface area contributed by atoms with Gasteiger partial charge in [0, 0.05) is 6.54 Å². The first kappa shape index (κ1) is 12.5. The van der Waals surface area contributed by atoms with E-state index >= 15 is 0 Å². The van der Waals surface area contributed by atoms with Gasteiger partial charge >= 0.3 is 12.0 Å². The summed E-state index contributed by atoms with van der Waals surface area (Å²) in [5, 5.41) is 17.6. The van der Waals surface area contributed by atoms with Crippen LogP contribution in [0.15, 0.2) is 16.8 Å². The van der Waals surface area contributed by atoms with Gasteiger partial charge in [0.25, 0.3) is 0 Å². The van der Waals surface area contributed by atoms with E-state index in [2.05, 4.69) is 10.6 Å². The fourth-order valence-corrected chi connectivity index (χ4v) is 1.63. The van der Waals surface area contributed by atoms with Gasteiger partial charge in [-0.15, -0.1) is 0 Å². The quantitative estimate of drug-likeness (QED) is 0.747. The minimum absolute atomic E-state index is 0.394. The van der Waals surface area contributed by atoms with Crippen LogP contribution in [0, 0.1) is 0 Å². The average molecular weight is 242 g/mol. The van der Waals surface area contributed by atoms with E-state index in [1.807, 2.05) is 16.8 Å². The van der Waals surface area contributed by atoms with Crippen LogP contribution in [0.2, 0.25) is 0 Å². The Kier molecular flexibility index (Phi) is 3.89. The van der Waals surface area contributed by atoms with Gasteiger partial charge in [0.15, 0.2) is 0 Å². The van der Waals surface area contributed by atoms with Crippen LogP contribution in [0.4, 0.5) is 4.79 Å². The van der Waals surface area contributed by atoms with Crippen molar-refractivity contribution in [2.75, 3.05) is 0 Å². The Bertz CT molecular complexity index is 373. The van der Waals surface area contributed by atoms with Gasteiger partial charge in [0.2, 0.25) is 0 Å². The number of carboxylic acids is 1. The molecule has 3 N–H and O–H groups in total. The van der Waals surface area contributed by atoms with Gasteiger partial charge in [0.05, 0.1) is 0 Å². The lowest BCUT2D eigenvalue weighted by Crippen LogP contribution is -2.52. The topological polar surface area (TPSA) is 78.4 Å². The monoisotopic (exact) mass is 242 g/mol. The lowest BCUT2D eigenvalue weighted by molar-refractivity contribution is -0.142. The first-order valence-electron chi connectivity index (χ1n) is 4.72. The normalized spacial score (nSPS) is 10.9. The average Bonchev–Trinajstić information content (AvgIpc) is 2.66. The summed E-state index contributed by atoms with van der Waals surface area (Å²) in [5.41, 5.74) is -0.271. The van der Waals surface area contributed by atoms with Gasteiger partial charge in [0.1, 0.15) is 5.54 Å². The summed E-state index contributed by atoms with van der Waals surface area (Å²) < 4.78 is 0. The summed E-state index contributed by atoms with van der Waals surface area (Å²) in [7, 11) is 0. The molecular formula is C10H14N2O3S. The molecule has 5 nitrogen and oxygen atoms in total. The van der Waals surface area contributed by atoms with Crippen molar-refractivity contribution in [3.8, 4) is 0 Å². The first-order chi connectivity index (χ1) is 7.42. The summed E-state index contributed by atoms with van der Waals surface area (Å²) >= 11 is 1.54. The molecule has 6 heteroatoms. The molecular weight excluding hydrogens is 228 g/mol. The smallest absolute Gasteiger partial charge is 0.328 e. The molecule has 0 radical (unpaired) electrons. The van der Waals surface area contributed by atoms with Crippen molar-refractivity contribution in [3.05, 3.63) is 22.4 Å². The van der Waals surface area contributed by atoms with Crippen molar-refractivity contribution in [2.45, 2.75) is 25.9 Å². The lowest BCUT2D eigenvalue weighted by atomic mass is 10.1. The van der Waals surface area contributed by atoms with E-state index in [1.165, 1.54) is 13.8 Å². The van der Waals surface area contributed by atoms with Crippen LogP contribution in [0.3, 0.4) is 0 Å². The number of rotatable bonds is 4. The lowest BCUT2D eigenvalue weighted by Gasteiger charge is -2.21. The maximum Gasteiger partial charge on any atom is 0.328 e. The minimum atomic E-state index is -1.27. The number of carboxylic acid groups (broad SMARTS) is 1. The molecule has 2 amide bonds. The molecule has 0 aliphatic carbocycles. The molecule has 0 fully saturated rings. The fourth-order valence-electron chi connectivity index (χ4n) is 0.957. The van der Waals surface area contributed by atoms with E-state index in [0.29, 0.717) is 6.54 Å². The maximum atomic E-state index is 11.4. The maximum absolute atomic E-state index is 11.4. The predicted octanol–water partition coefficient (Wildman–Crippen LogP) is 1.41. The Balaban J connectivity index is 2.39. The summed E-state index contributed by atoms with van der Waals surface area (Å²) in [4.78, 5) is 22.1. The summed E-state index contributed by atoms with van der Waals surface area (Å²) in [6.45, 7) is 3.25. The largest absolute Gasteiger partial charge is 0.480 e. The Morgan fingerprint density at radius 3 is 2.69 bits per heavy atom. The SMILES string of the molecule is CC(C)(NC(=O)NCc1ccsc1)C(=O)O. The second kappa shape index (κ2) is 4.98. The molecule has 88 valence electrons. The van der Waals surface area contributed by atoms with Crippen LogP contribution in [0.5, 0.6) is 0 Å². The van der Waals surface area contributed by atoms with E-state index in [0.717, 1.165) is 5.56 Å². The molecule has 1 aromatic rings. The molecule has 0 bridgehead atoms. The molecule has 16 heavy (non-hydrogen) atoms. The zero-order chi connectivity index (χ0) is 12.2. The van der Waals surface area contributed by atoms with Crippen LogP contribution in [0.1, 0.15) is 19.4 Å². The highest BCUT2D eigenvalue weighted by Crippen LogP contribution is 2.05. The Labute approximate surface area is 97.5 Å². The van der Waals surface area contributed by atoms with Crippen molar-refractivity contribution in [3.63, 3.8) is 0 Å². The number of aliphatic carboxylic acids is 1. The molecule has 1 heterocycles. The summed E-state index contributed by atoms with van der Waals surface area (Å²) in [6, 6.07) is 1.41. The van der Waals surface area contributed by atoms with Crippen LogP contribution in [-0.4, -0.2) is 22.6 Å². The first-order valence-corrected chi connectivity index (χ1v) is 5.66. The molecule has 0 aliphatic rings. The van der Waals surface area contributed by atoms with Gasteiger partial charge < -0.3 is 15.7 Å².